The average molecular weight is 338 g/mol. The summed E-state index contributed by atoms with van der Waals surface area (Å²) >= 11 is 1.66. The van der Waals surface area contributed by atoms with E-state index in [-0.39, 0.29) is 24.0 Å². The van der Waals surface area contributed by atoms with Crippen molar-refractivity contribution in [3.63, 3.8) is 0 Å². The minimum atomic E-state index is -0.0318. The van der Waals surface area contributed by atoms with Gasteiger partial charge in [-0.15, -0.1) is 11.3 Å². The lowest BCUT2D eigenvalue weighted by atomic mass is 10.1. The van der Waals surface area contributed by atoms with Crippen LogP contribution in [0, 0.1) is 0 Å². The summed E-state index contributed by atoms with van der Waals surface area (Å²) < 4.78 is 0. The summed E-state index contributed by atoms with van der Waals surface area (Å²) in [6.45, 7) is 4.15. The van der Waals surface area contributed by atoms with Gasteiger partial charge in [0.25, 0.3) is 0 Å². The van der Waals surface area contributed by atoms with E-state index in [9.17, 15) is 9.59 Å². The van der Waals surface area contributed by atoms with Gasteiger partial charge in [0.1, 0.15) is 0 Å². The number of likely N-dealkylation sites (tertiary alicyclic amines) is 1. The van der Waals surface area contributed by atoms with Gasteiger partial charge >= 0.3 is 6.03 Å². The Bertz CT molecular complexity index is 512. The molecule has 2 heterocycles. The van der Waals surface area contributed by atoms with Crippen LogP contribution in [-0.4, -0.2) is 61.5 Å². The fraction of sp³-hybridized carbons (Fsp3) is 0.625. The second-order valence-corrected chi connectivity index (χ2v) is 6.95. The van der Waals surface area contributed by atoms with E-state index in [1.165, 1.54) is 4.88 Å². The zero-order chi connectivity index (χ0) is 16.8. The van der Waals surface area contributed by atoms with Crippen LogP contribution >= 0.6 is 11.3 Å². The van der Waals surface area contributed by atoms with Gasteiger partial charge in [-0.3, -0.25) is 9.69 Å². The summed E-state index contributed by atoms with van der Waals surface area (Å²) in [5.41, 5.74) is 0. The van der Waals surface area contributed by atoms with E-state index in [0.29, 0.717) is 6.54 Å². The highest BCUT2D eigenvalue weighted by molar-refractivity contribution is 7.10. The van der Waals surface area contributed by atoms with Gasteiger partial charge in [0.05, 0.1) is 12.6 Å². The Labute approximate surface area is 141 Å². The predicted molar refractivity (Wildman–Crippen MR) is 92.6 cm³/mol. The molecule has 1 unspecified atom stereocenters. The number of carbonyl (C=O) groups excluding carboxylic acids is 2. The molecule has 0 aliphatic carbocycles. The van der Waals surface area contributed by atoms with Crippen molar-refractivity contribution in [1.82, 2.24) is 20.4 Å². The van der Waals surface area contributed by atoms with Crippen LogP contribution in [0.5, 0.6) is 0 Å². The standard InChI is InChI=1S/C16H26N4O2S/c1-12(14-5-4-10-23-14)19(3)16(22)18-13-6-8-20(9-7-13)11-15(21)17-2/h4-5,10,12-13H,6-9,11H2,1-3H3,(H,17,21)(H,18,22). The van der Waals surface area contributed by atoms with Crippen molar-refractivity contribution in [2.24, 2.45) is 0 Å². The van der Waals surface area contributed by atoms with Crippen LogP contribution in [0.3, 0.4) is 0 Å². The van der Waals surface area contributed by atoms with Gasteiger partial charge in [0.15, 0.2) is 0 Å². The molecule has 1 aromatic rings. The third kappa shape index (κ3) is 4.94. The van der Waals surface area contributed by atoms with E-state index in [2.05, 4.69) is 21.6 Å². The number of amides is 3. The maximum absolute atomic E-state index is 12.4. The maximum Gasteiger partial charge on any atom is 0.317 e. The van der Waals surface area contributed by atoms with Crippen molar-refractivity contribution in [2.45, 2.75) is 31.8 Å². The first kappa shape index (κ1) is 17.7. The smallest absolute Gasteiger partial charge is 0.317 e. The molecule has 0 saturated carbocycles. The topological polar surface area (TPSA) is 64.7 Å². The number of nitrogens with zero attached hydrogens (tertiary/aromatic N) is 2. The number of nitrogens with one attached hydrogen (secondary N) is 2. The first-order valence-electron chi connectivity index (χ1n) is 8.01. The molecule has 3 amide bonds. The molecule has 2 rings (SSSR count). The van der Waals surface area contributed by atoms with Crippen LogP contribution in [0.25, 0.3) is 0 Å². The van der Waals surface area contributed by atoms with Crippen LogP contribution in [0.15, 0.2) is 17.5 Å². The van der Waals surface area contributed by atoms with Gasteiger partial charge in [-0.05, 0) is 31.2 Å². The molecule has 0 aromatic carbocycles. The molecule has 1 saturated heterocycles. The van der Waals surface area contributed by atoms with E-state index in [4.69, 9.17) is 0 Å². The Hall–Kier alpha value is -1.60. The minimum Gasteiger partial charge on any atom is -0.358 e. The van der Waals surface area contributed by atoms with Crippen molar-refractivity contribution in [3.8, 4) is 0 Å². The van der Waals surface area contributed by atoms with Crippen molar-refractivity contribution < 1.29 is 9.59 Å². The monoisotopic (exact) mass is 338 g/mol. The van der Waals surface area contributed by atoms with E-state index >= 15 is 0 Å². The first-order chi connectivity index (χ1) is 11.0. The molecule has 1 atom stereocenters. The largest absolute Gasteiger partial charge is 0.358 e. The van der Waals surface area contributed by atoms with Gasteiger partial charge in [0, 0.05) is 38.1 Å². The van der Waals surface area contributed by atoms with Crippen LogP contribution in [0.2, 0.25) is 0 Å². The summed E-state index contributed by atoms with van der Waals surface area (Å²) in [6, 6.07) is 4.28. The molecule has 1 aliphatic heterocycles. The number of hydrogen-bond donors (Lipinski definition) is 2. The summed E-state index contributed by atoms with van der Waals surface area (Å²) in [7, 11) is 3.49. The maximum atomic E-state index is 12.4. The van der Waals surface area contributed by atoms with Gasteiger partial charge < -0.3 is 15.5 Å². The van der Waals surface area contributed by atoms with E-state index in [0.717, 1.165) is 25.9 Å². The first-order valence-corrected chi connectivity index (χ1v) is 8.89. The molecule has 0 radical (unpaired) electrons. The molecule has 0 spiro atoms. The van der Waals surface area contributed by atoms with Crippen LogP contribution in [-0.2, 0) is 4.79 Å². The lowest BCUT2D eigenvalue weighted by Gasteiger charge is -2.33. The zero-order valence-electron chi connectivity index (χ0n) is 14.0. The number of carbonyl (C=O) groups is 2. The van der Waals surface area contributed by atoms with Gasteiger partial charge in [-0.2, -0.15) is 0 Å². The molecule has 128 valence electrons. The third-order valence-electron chi connectivity index (χ3n) is 4.42. The molecule has 23 heavy (non-hydrogen) atoms. The average Bonchev–Trinajstić information content (AvgIpc) is 3.09. The lowest BCUT2D eigenvalue weighted by molar-refractivity contribution is -0.122. The molecule has 2 N–H and O–H groups in total. The normalized spacial score (nSPS) is 17.5. The van der Waals surface area contributed by atoms with Gasteiger partial charge in [-0.1, -0.05) is 6.07 Å². The number of urea groups is 1. The van der Waals surface area contributed by atoms with Gasteiger partial charge in [-0.25, -0.2) is 4.79 Å². The molecular weight excluding hydrogens is 312 g/mol. The predicted octanol–water partition coefficient (Wildman–Crippen LogP) is 1.66. The molecule has 6 nitrogen and oxygen atoms in total. The van der Waals surface area contributed by atoms with Crippen molar-refractivity contribution in [3.05, 3.63) is 22.4 Å². The molecule has 1 aliphatic rings. The van der Waals surface area contributed by atoms with Crippen LogP contribution < -0.4 is 10.6 Å². The summed E-state index contributed by atoms with van der Waals surface area (Å²) in [5.74, 6) is 0.0389. The van der Waals surface area contributed by atoms with E-state index in [1.807, 2.05) is 25.4 Å². The fourth-order valence-electron chi connectivity index (χ4n) is 2.69. The summed E-state index contributed by atoms with van der Waals surface area (Å²) in [6.07, 6.45) is 1.76. The Balaban J connectivity index is 1.77. The van der Waals surface area contributed by atoms with E-state index in [1.54, 1.807) is 23.3 Å². The van der Waals surface area contributed by atoms with Crippen molar-refractivity contribution >= 4 is 23.3 Å². The Morgan fingerprint density at radius 2 is 2.13 bits per heavy atom. The highest BCUT2D eigenvalue weighted by Crippen LogP contribution is 2.23. The fourth-order valence-corrected chi connectivity index (χ4v) is 3.52. The minimum absolute atomic E-state index is 0.0318. The molecule has 1 fully saturated rings. The number of hydrogen-bond acceptors (Lipinski definition) is 4. The number of thiophene rings is 1. The van der Waals surface area contributed by atoms with Crippen LogP contribution in [0.4, 0.5) is 4.79 Å². The lowest BCUT2D eigenvalue weighted by Crippen LogP contribution is -2.50. The molecule has 1 aromatic heterocycles. The summed E-state index contributed by atoms with van der Waals surface area (Å²) in [5, 5.41) is 7.78. The van der Waals surface area contributed by atoms with Crippen molar-refractivity contribution in [1.29, 1.82) is 0 Å². The SMILES string of the molecule is CNC(=O)CN1CCC(NC(=O)N(C)C(C)c2cccs2)CC1. The number of likely N-dealkylation sites (N-methyl/N-ethyl adjacent to an activating group) is 1. The Kier molecular flexibility index (Phi) is 6.41. The van der Waals surface area contributed by atoms with Gasteiger partial charge in [0.2, 0.25) is 5.91 Å². The third-order valence-corrected chi connectivity index (χ3v) is 5.46. The molecular formula is C16H26N4O2S. The quantitative estimate of drug-likeness (QED) is 0.858. The zero-order valence-corrected chi connectivity index (χ0v) is 14.9. The molecule has 7 heteroatoms. The highest BCUT2D eigenvalue weighted by atomic mass is 32.1. The Morgan fingerprint density at radius 3 is 2.70 bits per heavy atom. The van der Waals surface area contributed by atoms with E-state index < -0.39 is 0 Å². The van der Waals surface area contributed by atoms with Crippen molar-refractivity contribution in [2.75, 3.05) is 33.7 Å². The number of piperidine rings is 1. The van der Waals surface area contributed by atoms with Crippen LogP contribution in [0.1, 0.15) is 30.7 Å². The molecule has 0 bridgehead atoms. The Morgan fingerprint density at radius 1 is 1.43 bits per heavy atom. The number of rotatable bonds is 5. The summed E-state index contributed by atoms with van der Waals surface area (Å²) in [4.78, 5) is 28.8. The second kappa shape index (κ2) is 8.31. The second-order valence-electron chi connectivity index (χ2n) is 5.98. The highest BCUT2D eigenvalue weighted by Gasteiger charge is 2.24.